The van der Waals surface area contributed by atoms with Crippen LogP contribution in [0.25, 0.3) is 0 Å². The predicted octanol–water partition coefficient (Wildman–Crippen LogP) is 1.43. The second-order valence-electron chi connectivity index (χ2n) is 4.04. The van der Waals surface area contributed by atoms with Crippen LogP contribution in [0.3, 0.4) is 0 Å². The van der Waals surface area contributed by atoms with E-state index in [-0.39, 0.29) is 5.69 Å². The maximum absolute atomic E-state index is 11.1. The number of hydrogen-bond acceptors (Lipinski definition) is 6. The Kier molecular flexibility index (Phi) is 4.09. The van der Waals surface area contributed by atoms with Crippen molar-refractivity contribution >= 4 is 22.2 Å². The van der Waals surface area contributed by atoms with Gasteiger partial charge in [0.05, 0.1) is 14.2 Å². The molecule has 1 aromatic carbocycles. The molecule has 7 heteroatoms. The van der Waals surface area contributed by atoms with Gasteiger partial charge in [-0.3, -0.25) is 4.79 Å². The number of benzene rings is 1. The largest absolute Gasteiger partial charge is 0.497 e. The zero-order valence-electron chi connectivity index (χ0n) is 11.2. The Bertz CT molecular complexity index is 640. The molecule has 0 bridgehead atoms. The van der Waals surface area contributed by atoms with Crippen LogP contribution < -0.4 is 20.9 Å². The van der Waals surface area contributed by atoms with E-state index in [9.17, 15) is 4.79 Å². The molecule has 0 radical (unpaired) electrons. The highest BCUT2D eigenvalue weighted by atomic mass is 32.1. The van der Waals surface area contributed by atoms with Crippen molar-refractivity contribution in [3.05, 3.63) is 34.5 Å². The smallest absolute Gasteiger partial charge is 0.270 e. The van der Waals surface area contributed by atoms with Crippen molar-refractivity contribution in [2.45, 2.75) is 6.42 Å². The molecular weight excluding hydrogens is 278 g/mol. The number of nitrogen functional groups attached to an aromatic ring is 1. The molecule has 4 N–H and O–H groups in total. The number of primary amides is 1. The van der Waals surface area contributed by atoms with Crippen LogP contribution in [0.5, 0.6) is 11.5 Å². The second-order valence-corrected chi connectivity index (χ2v) is 5.15. The molecular formula is C13H15N3O3S. The van der Waals surface area contributed by atoms with Crippen molar-refractivity contribution in [2.24, 2.45) is 5.73 Å². The van der Waals surface area contributed by atoms with Crippen molar-refractivity contribution in [3.8, 4) is 11.5 Å². The fourth-order valence-electron chi connectivity index (χ4n) is 1.79. The van der Waals surface area contributed by atoms with Gasteiger partial charge in [0.25, 0.3) is 5.91 Å². The van der Waals surface area contributed by atoms with E-state index in [1.165, 1.54) is 11.3 Å². The lowest BCUT2D eigenvalue weighted by Crippen LogP contribution is -2.13. The number of methoxy groups -OCH3 is 2. The van der Waals surface area contributed by atoms with Crippen LogP contribution in [0.15, 0.2) is 18.2 Å². The van der Waals surface area contributed by atoms with Gasteiger partial charge in [0.2, 0.25) is 0 Å². The minimum atomic E-state index is -0.619. The molecule has 106 valence electrons. The van der Waals surface area contributed by atoms with Crippen LogP contribution in [-0.2, 0) is 6.42 Å². The monoisotopic (exact) mass is 293 g/mol. The third-order valence-corrected chi connectivity index (χ3v) is 3.65. The first-order chi connectivity index (χ1) is 9.55. The van der Waals surface area contributed by atoms with E-state index >= 15 is 0 Å². The fourth-order valence-corrected chi connectivity index (χ4v) is 2.65. The summed E-state index contributed by atoms with van der Waals surface area (Å²) in [6.45, 7) is 0. The number of nitrogens with zero attached hydrogens (tertiary/aromatic N) is 1. The van der Waals surface area contributed by atoms with E-state index in [1.807, 2.05) is 12.1 Å². The van der Waals surface area contributed by atoms with Crippen molar-refractivity contribution in [1.82, 2.24) is 4.98 Å². The standard InChI is InChI=1S/C13H15N3O3S/c1-18-8-4-3-7(9(6-8)19-2)5-10-16-11(12(14)17)13(15)20-10/h3-4,6H,5,15H2,1-2H3,(H2,14,17). The third-order valence-electron chi connectivity index (χ3n) is 2.77. The molecule has 0 fully saturated rings. The number of hydrogen-bond donors (Lipinski definition) is 2. The molecule has 0 saturated heterocycles. The first-order valence-electron chi connectivity index (χ1n) is 5.81. The fraction of sp³-hybridized carbons (Fsp3) is 0.231. The summed E-state index contributed by atoms with van der Waals surface area (Å²) >= 11 is 1.25. The lowest BCUT2D eigenvalue weighted by Gasteiger charge is -2.09. The van der Waals surface area contributed by atoms with Gasteiger partial charge in [0.15, 0.2) is 5.69 Å². The van der Waals surface area contributed by atoms with Gasteiger partial charge in [-0.15, -0.1) is 11.3 Å². The zero-order chi connectivity index (χ0) is 14.7. The lowest BCUT2D eigenvalue weighted by atomic mass is 10.1. The number of thiazole rings is 1. The molecule has 0 aliphatic carbocycles. The summed E-state index contributed by atoms with van der Waals surface area (Å²) in [5.74, 6) is 0.785. The molecule has 0 saturated carbocycles. The summed E-state index contributed by atoms with van der Waals surface area (Å²) in [4.78, 5) is 15.3. The molecule has 6 nitrogen and oxygen atoms in total. The van der Waals surface area contributed by atoms with Crippen LogP contribution in [0.4, 0.5) is 5.00 Å². The molecule has 0 spiro atoms. The Morgan fingerprint density at radius 1 is 1.35 bits per heavy atom. The molecule has 0 atom stereocenters. The van der Waals surface area contributed by atoms with E-state index in [1.54, 1.807) is 20.3 Å². The summed E-state index contributed by atoms with van der Waals surface area (Å²) in [5.41, 5.74) is 12.0. The zero-order valence-corrected chi connectivity index (χ0v) is 12.0. The van der Waals surface area contributed by atoms with Gasteiger partial charge in [0.1, 0.15) is 21.5 Å². The van der Waals surface area contributed by atoms with E-state index in [4.69, 9.17) is 20.9 Å². The molecule has 2 rings (SSSR count). The Balaban J connectivity index is 2.30. The number of amides is 1. The topological polar surface area (TPSA) is 100 Å². The normalized spacial score (nSPS) is 10.3. The first-order valence-corrected chi connectivity index (χ1v) is 6.62. The van der Waals surface area contributed by atoms with Gasteiger partial charge < -0.3 is 20.9 Å². The number of carbonyl (C=O) groups is 1. The van der Waals surface area contributed by atoms with Gasteiger partial charge in [-0.05, 0) is 6.07 Å². The average Bonchev–Trinajstić information content (AvgIpc) is 2.80. The number of aromatic nitrogens is 1. The first kappa shape index (κ1) is 14.1. The van der Waals surface area contributed by atoms with Crippen LogP contribution in [0.1, 0.15) is 21.1 Å². The van der Waals surface area contributed by atoms with Crippen LogP contribution >= 0.6 is 11.3 Å². The van der Waals surface area contributed by atoms with E-state index in [2.05, 4.69) is 4.98 Å². The van der Waals surface area contributed by atoms with Crippen molar-refractivity contribution in [1.29, 1.82) is 0 Å². The Hall–Kier alpha value is -2.28. The van der Waals surface area contributed by atoms with Gasteiger partial charge in [-0.2, -0.15) is 0 Å². The molecule has 1 heterocycles. The molecule has 0 aliphatic heterocycles. The lowest BCUT2D eigenvalue weighted by molar-refractivity contribution is 0.0997. The summed E-state index contributed by atoms with van der Waals surface area (Å²) in [5, 5.41) is 1.04. The Morgan fingerprint density at radius 3 is 2.65 bits per heavy atom. The van der Waals surface area contributed by atoms with E-state index in [0.717, 1.165) is 5.56 Å². The Morgan fingerprint density at radius 2 is 2.10 bits per heavy atom. The maximum atomic E-state index is 11.1. The van der Waals surface area contributed by atoms with Crippen molar-refractivity contribution in [2.75, 3.05) is 20.0 Å². The summed E-state index contributed by atoms with van der Waals surface area (Å²) in [6, 6.07) is 5.52. The predicted molar refractivity (Wildman–Crippen MR) is 77.4 cm³/mol. The van der Waals surface area contributed by atoms with Gasteiger partial charge in [-0.25, -0.2) is 4.98 Å². The Labute approximate surface area is 120 Å². The van der Waals surface area contributed by atoms with Gasteiger partial charge >= 0.3 is 0 Å². The van der Waals surface area contributed by atoms with Crippen molar-refractivity contribution in [3.63, 3.8) is 0 Å². The minimum Gasteiger partial charge on any atom is -0.497 e. The number of carbonyl (C=O) groups excluding carboxylic acids is 1. The summed E-state index contributed by atoms with van der Waals surface area (Å²) < 4.78 is 10.5. The molecule has 1 aromatic heterocycles. The van der Waals surface area contributed by atoms with Crippen LogP contribution in [0.2, 0.25) is 0 Å². The van der Waals surface area contributed by atoms with E-state index < -0.39 is 5.91 Å². The average molecular weight is 293 g/mol. The van der Waals surface area contributed by atoms with Crippen molar-refractivity contribution < 1.29 is 14.3 Å². The molecule has 20 heavy (non-hydrogen) atoms. The molecule has 0 aliphatic rings. The number of anilines is 1. The highest BCUT2D eigenvalue weighted by molar-refractivity contribution is 7.15. The quantitative estimate of drug-likeness (QED) is 0.868. The van der Waals surface area contributed by atoms with Crippen LogP contribution in [-0.4, -0.2) is 25.1 Å². The molecule has 2 aromatic rings. The SMILES string of the molecule is COc1ccc(Cc2nc(C(N)=O)c(N)s2)c(OC)c1. The maximum Gasteiger partial charge on any atom is 0.270 e. The van der Waals surface area contributed by atoms with E-state index in [0.29, 0.717) is 27.9 Å². The van der Waals surface area contributed by atoms with Gasteiger partial charge in [-0.1, -0.05) is 6.07 Å². The highest BCUT2D eigenvalue weighted by Gasteiger charge is 2.15. The minimum absolute atomic E-state index is 0.123. The second kappa shape index (κ2) is 5.79. The highest BCUT2D eigenvalue weighted by Crippen LogP contribution is 2.29. The molecule has 1 amide bonds. The number of ether oxygens (including phenoxy) is 2. The number of rotatable bonds is 5. The van der Waals surface area contributed by atoms with Crippen LogP contribution in [0, 0.1) is 0 Å². The van der Waals surface area contributed by atoms with Gasteiger partial charge in [0, 0.05) is 18.1 Å². The molecule has 0 unspecified atom stereocenters. The summed E-state index contributed by atoms with van der Waals surface area (Å²) in [7, 11) is 3.18. The third kappa shape index (κ3) is 2.83. The summed E-state index contributed by atoms with van der Waals surface area (Å²) in [6.07, 6.45) is 0.509. The number of nitrogens with two attached hydrogens (primary N) is 2.